The van der Waals surface area contributed by atoms with Gasteiger partial charge in [0.25, 0.3) is 0 Å². The van der Waals surface area contributed by atoms with Crippen LogP contribution in [0.5, 0.6) is 0 Å². The molecule has 0 spiro atoms. The van der Waals surface area contributed by atoms with Gasteiger partial charge in [-0.15, -0.1) is 0 Å². The van der Waals surface area contributed by atoms with Gasteiger partial charge >= 0.3 is 12.4 Å². The lowest BCUT2D eigenvalue weighted by molar-refractivity contribution is -0.139. The topological polar surface area (TPSA) is 34.1 Å². The zero-order chi connectivity index (χ0) is 30.8. The molecule has 0 radical (unpaired) electrons. The molecule has 43 heavy (non-hydrogen) atoms. The highest BCUT2D eigenvalue weighted by molar-refractivity contribution is 7.07. The van der Waals surface area contributed by atoms with E-state index in [4.69, 9.17) is 0 Å². The predicted octanol–water partition coefficient (Wildman–Crippen LogP) is 10.2. The summed E-state index contributed by atoms with van der Waals surface area (Å²) in [5.41, 5.74) is -0.577. The van der Waals surface area contributed by atoms with Crippen molar-refractivity contribution in [1.82, 2.24) is 0 Å². The zero-order valence-electron chi connectivity index (χ0n) is 22.7. The number of carbonyl (C=O) groups excluding carboxylic acids is 2. The molecule has 1 aliphatic rings. The highest BCUT2D eigenvalue weighted by Crippen LogP contribution is 2.46. The van der Waals surface area contributed by atoms with Crippen LogP contribution in [0.4, 0.5) is 26.3 Å². The number of benzene rings is 4. The first-order chi connectivity index (χ1) is 20.5. The van der Waals surface area contributed by atoms with E-state index in [9.17, 15) is 35.9 Å². The van der Waals surface area contributed by atoms with Gasteiger partial charge in [-0.1, -0.05) is 78.9 Å². The fraction of sp³-hybridized carbons (Fsp3) is 0.235. The monoisotopic (exact) mass is 612 g/mol. The Hall–Kier alpha value is -3.98. The minimum atomic E-state index is -4.83. The number of hydrogen-bond donors (Lipinski definition) is 0. The average Bonchev–Trinajstić information content (AvgIpc) is 3.56. The molecule has 222 valence electrons. The molecule has 0 saturated heterocycles. The fourth-order valence-corrected chi connectivity index (χ4v) is 6.21. The molecule has 2 nitrogen and oxygen atoms in total. The first-order valence-electron chi connectivity index (χ1n) is 13.7. The van der Waals surface area contributed by atoms with Crippen LogP contribution >= 0.6 is 11.3 Å². The van der Waals surface area contributed by atoms with Gasteiger partial charge < -0.3 is 0 Å². The van der Waals surface area contributed by atoms with Gasteiger partial charge in [0.15, 0.2) is 11.6 Å². The van der Waals surface area contributed by atoms with E-state index in [0.29, 0.717) is 10.8 Å². The van der Waals surface area contributed by atoms with Gasteiger partial charge in [-0.25, -0.2) is 0 Å². The van der Waals surface area contributed by atoms with Crippen LogP contribution in [0, 0.1) is 5.92 Å². The van der Waals surface area contributed by atoms with E-state index in [0.717, 1.165) is 11.6 Å². The first-order valence-corrected chi connectivity index (χ1v) is 14.6. The Morgan fingerprint density at radius 1 is 0.698 bits per heavy atom. The number of thiophene rings is 1. The number of alkyl halides is 6. The Kier molecular flexibility index (Phi) is 8.74. The Bertz CT molecular complexity index is 1720. The van der Waals surface area contributed by atoms with Crippen LogP contribution in [0.2, 0.25) is 0 Å². The number of halogens is 6. The van der Waals surface area contributed by atoms with Crippen molar-refractivity contribution in [2.24, 2.45) is 5.92 Å². The third kappa shape index (κ3) is 6.67. The summed E-state index contributed by atoms with van der Waals surface area (Å²) in [6.45, 7) is 0. The van der Waals surface area contributed by atoms with Crippen molar-refractivity contribution in [3.05, 3.63) is 118 Å². The van der Waals surface area contributed by atoms with Crippen molar-refractivity contribution >= 4 is 44.4 Å². The Balaban J connectivity index is 0.000000668. The van der Waals surface area contributed by atoms with Crippen molar-refractivity contribution < 1.29 is 35.9 Å². The predicted molar refractivity (Wildman–Crippen MR) is 156 cm³/mol. The van der Waals surface area contributed by atoms with Crippen molar-refractivity contribution in [2.45, 2.75) is 44.0 Å². The van der Waals surface area contributed by atoms with Crippen LogP contribution in [0.15, 0.2) is 95.7 Å². The third-order valence-corrected chi connectivity index (χ3v) is 8.32. The quantitative estimate of drug-likeness (QED) is 0.112. The molecule has 9 heteroatoms. The number of rotatable bonds is 5. The smallest absolute Gasteiger partial charge is 0.298 e. The standard InChI is InChI=1S/C30H22F6O2.C4H4S/c31-29(32,33)15-14-22-21-13-12-20-19-9-5-4-8-18(19)16-24(30(34,35)36)25(20)26(21)28(38)23(27(22)37)11-10-17-6-2-1-3-7-17;1-2-4-5-3-1/h1-9,12-13,16,22-23H,10-11,14-15H2;1-4H. The molecule has 1 heterocycles. The van der Waals surface area contributed by atoms with Crippen LogP contribution in [0.1, 0.15) is 52.2 Å². The molecule has 1 aliphatic carbocycles. The molecule has 2 unspecified atom stereocenters. The van der Waals surface area contributed by atoms with Gasteiger partial charge in [-0.2, -0.15) is 37.7 Å². The highest BCUT2D eigenvalue weighted by Gasteiger charge is 2.45. The zero-order valence-corrected chi connectivity index (χ0v) is 23.5. The fourth-order valence-electron chi connectivity index (χ4n) is 5.76. The maximum Gasteiger partial charge on any atom is 0.417 e. The van der Waals surface area contributed by atoms with Crippen molar-refractivity contribution in [3.8, 4) is 0 Å². The molecule has 0 aliphatic heterocycles. The summed E-state index contributed by atoms with van der Waals surface area (Å²) < 4.78 is 82.6. The second-order valence-corrected chi connectivity index (χ2v) is 11.3. The van der Waals surface area contributed by atoms with E-state index < -0.39 is 54.2 Å². The molecule has 0 amide bonds. The molecular weight excluding hydrogens is 586 g/mol. The second kappa shape index (κ2) is 12.3. The summed E-state index contributed by atoms with van der Waals surface area (Å²) in [5, 5.41) is 4.71. The van der Waals surface area contributed by atoms with Crippen LogP contribution in [-0.4, -0.2) is 17.7 Å². The molecule has 2 atom stereocenters. The first kappa shape index (κ1) is 30.5. The SMILES string of the molecule is O=C1c2c(ccc3c2c(C(F)(F)F)cc2ccccc23)C(CCC(F)(F)F)C(=O)C1CCc1ccccc1.c1ccsc1. The second-order valence-electron chi connectivity index (χ2n) is 10.4. The van der Waals surface area contributed by atoms with Gasteiger partial charge in [0.2, 0.25) is 0 Å². The number of hydrogen-bond acceptors (Lipinski definition) is 3. The third-order valence-electron chi connectivity index (χ3n) is 7.69. The van der Waals surface area contributed by atoms with E-state index in [1.807, 2.05) is 22.9 Å². The molecule has 0 bridgehead atoms. The summed E-state index contributed by atoms with van der Waals surface area (Å²) in [6.07, 6.45) is -11.0. The van der Waals surface area contributed by atoms with E-state index in [2.05, 4.69) is 0 Å². The molecular formula is C34H26F6O2S. The molecule has 0 N–H and O–H groups in total. The van der Waals surface area contributed by atoms with Crippen molar-refractivity contribution in [3.63, 3.8) is 0 Å². The number of Topliss-reactive ketones (excluding diaryl/α,β-unsaturated/α-hetero) is 2. The molecule has 0 fully saturated rings. The molecule has 1 aromatic heterocycles. The van der Waals surface area contributed by atoms with Gasteiger partial charge in [0.05, 0.1) is 11.5 Å². The van der Waals surface area contributed by atoms with Crippen LogP contribution in [0.25, 0.3) is 21.5 Å². The maximum absolute atomic E-state index is 14.4. The summed E-state index contributed by atoms with van der Waals surface area (Å²) in [7, 11) is 0. The summed E-state index contributed by atoms with van der Waals surface area (Å²) in [5.74, 6) is -4.10. The summed E-state index contributed by atoms with van der Waals surface area (Å²) in [6, 6.07) is 23.1. The highest BCUT2D eigenvalue weighted by atomic mass is 32.1. The lowest BCUT2D eigenvalue weighted by Gasteiger charge is -2.31. The number of carbonyl (C=O) groups is 2. The van der Waals surface area contributed by atoms with E-state index in [-0.39, 0.29) is 34.7 Å². The average molecular weight is 613 g/mol. The number of ketones is 2. The van der Waals surface area contributed by atoms with E-state index in [1.165, 1.54) is 18.2 Å². The lowest BCUT2D eigenvalue weighted by Crippen LogP contribution is -2.36. The minimum absolute atomic E-state index is 0.00500. The molecule has 0 saturated carbocycles. The van der Waals surface area contributed by atoms with Gasteiger partial charge in [-0.05, 0) is 63.4 Å². The maximum atomic E-state index is 14.4. The van der Waals surface area contributed by atoms with Crippen molar-refractivity contribution in [1.29, 1.82) is 0 Å². The summed E-state index contributed by atoms with van der Waals surface area (Å²) in [4.78, 5) is 27.3. The minimum Gasteiger partial charge on any atom is -0.298 e. The van der Waals surface area contributed by atoms with Crippen molar-refractivity contribution in [2.75, 3.05) is 0 Å². The van der Waals surface area contributed by atoms with Gasteiger partial charge in [0.1, 0.15) is 0 Å². The number of aryl methyl sites for hydroxylation is 1. The van der Waals surface area contributed by atoms with Crippen LogP contribution in [0.3, 0.4) is 0 Å². The Labute approximate surface area is 248 Å². The van der Waals surface area contributed by atoms with Crippen LogP contribution in [-0.2, 0) is 17.4 Å². The molecule has 6 rings (SSSR count). The van der Waals surface area contributed by atoms with Crippen LogP contribution < -0.4 is 0 Å². The van der Waals surface area contributed by atoms with Gasteiger partial charge in [0, 0.05) is 23.3 Å². The molecule has 4 aromatic carbocycles. The summed E-state index contributed by atoms with van der Waals surface area (Å²) >= 11 is 1.71. The number of fused-ring (bicyclic) bond motifs is 5. The van der Waals surface area contributed by atoms with E-state index in [1.54, 1.807) is 59.9 Å². The lowest BCUT2D eigenvalue weighted by atomic mass is 9.69. The largest absolute Gasteiger partial charge is 0.417 e. The Morgan fingerprint density at radius 3 is 2.00 bits per heavy atom. The molecule has 5 aromatic rings. The van der Waals surface area contributed by atoms with Gasteiger partial charge in [-0.3, -0.25) is 9.59 Å². The van der Waals surface area contributed by atoms with E-state index >= 15 is 0 Å². The normalized spacial score (nSPS) is 17.1. The Morgan fingerprint density at radius 2 is 1.37 bits per heavy atom.